The minimum absolute atomic E-state index is 0.144. The monoisotopic (exact) mass is 329 g/mol. The Bertz CT molecular complexity index is 664. The van der Waals surface area contributed by atoms with Gasteiger partial charge in [0.25, 0.3) is 5.91 Å². The normalized spacial score (nSPS) is 11.0. The number of hydrogen-bond donors (Lipinski definition) is 2. The highest BCUT2D eigenvalue weighted by Gasteiger charge is 2.00. The maximum atomic E-state index is 11.7. The Balaban J connectivity index is 1.78. The number of nitrogens with zero attached hydrogens (tertiary/aromatic N) is 1. The zero-order chi connectivity index (χ0) is 16.7. The molecule has 0 radical (unpaired) electrons. The van der Waals surface area contributed by atoms with Crippen LogP contribution in [0.2, 0.25) is 5.02 Å². The van der Waals surface area contributed by atoms with Gasteiger partial charge in [-0.25, -0.2) is 5.43 Å². The molecule has 2 aromatic carbocycles. The van der Waals surface area contributed by atoms with Crippen LogP contribution in [0.25, 0.3) is 0 Å². The van der Waals surface area contributed by atoms with Gasteiger partial charge in [-0.05, 0) is 41.3 Å². The lowest BCUT2D eigenvalue weighted by Crippen LogP contribution is -2.25. The molecule has 5 heteroatoms. The number of carbonyl (C=O) groups is 1. The Labute approximate surface area is 141 Å². The van der Waals surface area contributed by atoms with Crippen LogP contribution in [0.1, 0.15) is 30.9 Å². The summed E-state index contributed by atoms with van der Waals surface area (Å²) in [4.78, 5) is 11.7. The fraction of sp³-hybridized carbons (Fsp3) is 0.222. The van der Waals surface area contributed by atoms with E-state index in [0.717, 1.165) is 11.3 Å². The molecule has 120 valence electrons. The summed E-state index contributed by atoms with van der Waals surface area (Å²) in [6.45, 7) is 4.44. The average Bonchev–Trinajstić information content (AvgIpc) is 2.55. The first kappa shape index (κ1) is 17.0. The first-order valence-electron chi connectivity index (χ1n) is 7.46. The Morgan fingerprint density at radius 1 is 1.13 bits per heavy atom. The second kappa shape index (κ2) is 8.34. The van der Waals surface area contributed by atoms with Crippen molar-refractivity contribution in [3.8, 4) is 0 Å². The number of nitrogens with one attached hydrogen (secondary N) is 2. The van der Waals surface area contributed by atoms with Crippen LogP contribution in [0.15, 0.2) is 53.6 Å². The van der Waals surface area contributed by atoms with Crippen LogP contribution in [-0.2, 0) is 4.79 Å². The first-order valence-corrected chi connectivity index (χ1v) is 7.83. The van der Waals surface area contributed by atoms with Crippen molar-refractivity contribution in [1.29, 1.82) is 0 Å². The van der Waals surface area contributed by atoms with Crippen molar-refractivity contribution in [2.45, 2.75) is 19.8 Å². The van der Waals surface area contributed by atoms with Crippen LogP contribution in [0, 0.1) is 0 Å². The molecule has 0 aliphatic heterocycles. The van der Waals surface area contributed by atoms with Gasteiger partial charge < -0.3 is 5.32 Å². The second-order valence-corrected chi connectivity index (χ2v) is 5.91. The minimum Gasteiger partial charge on any atom is -0.376 e. The summed E-state index contributed by atoms with van der Waals surface area (Å²) in [5.41, 5.74) is 5.54. The zero-order valence-corrected chi connectivity index (χ0v) is 14.0. The Kier molecular flexibility index (Phi) is 6.18. The van der Waals surface area contributed by atoms with Crippen LogP contribution in [0.3, 0.4) is 0 Å². The van der Waals surface area contributed by atoms with Crippen molar-refractivity contribution >= 4 is 29.4 Å². The van der Waals surface area contributed by atoms with E-state index in [0.29, 0.717) is 10.9 Å². The summed E-state index contributed by atoms with van der Waals surface area (Å²) in [5, 5.41) is 7.61. The first-order chi connectivity index (χ1) is 11.0. The van der Waals surface area contributed by atoms with Gasteiger partial charge in [-0.1, -0.05) is 49.7 Å². The van der Waals surface area contributed by atoms with Gasteiger partial charge in [0.05, 0.1) is 12.8 Å². The van der Waals surface area contributed by atoms with Crippen LogP contribution in [-0.4, -0.2) is 18.7 Å². The number of benzene rings is 2. The van der Waals surface area contributed by atoms with Crippen LogP contribution in [0.5, 0.6) is 0 Å². The van der Waals surface area contributed by atoms with Gasteiger partial charge in [0, 0.05) is 10.7 Å². The van der Waals surface area contributed by atoms with Crippen molar-refractivity contribution in [2.75, 3.05) is 11.9 Å². The number of halogens is 1. The molecule has 0 atom stereocenters. The Morgan fingerprint density at radius 3 is 2.39 bits per heavy atom. The summed E-state index contributed by atoms with van der Waals surface area (Å²) in [7, 11) is 0. The van der Waals surface area contributed by atoms with Crippen LogP contribution < -0.4 is 10.7 Å². The van der Waals surface area contributed by atoms with E-state index in [2.05, 4.69) is 41.8 Å². The Morgan fingerprint density at radius 2 is 1.78 bits per heavy atom. The fourth-order valence-electron chi connectivity index (χ4n) is 1.94. The third-order valence-corrected chi connectivity index (χ3v) is 3.56. The number of hydrogen-bond acceptors (Lipinski definition) is 3. The summed E-state index contributed by atoms with van der Waals surface area (Å²) >= 11 is 5.80. The molecule has 0 aliphatic rings. The lowest BCUT2D eigenvalue weighted by molar-refractivity contribution is -0.119. The Hall–Kier alpha value is -2.33. The fourth-order valence-corrected chi connectivity index (χ4v) is 2.06. The highest BCUT2D eigenvalue weighted by molar-refractivity contribution is 6.30. The van der Waals surface area contributed by atoms with Gasteiger partial charge in [0.2, 0.25) is 0 Å². The summed E-state index contributed by atoms with van der Waals surface area (Å²) in [5.74, 6) is 0.287. The molecule has 0 saturated carbocycles. The molecule has 23 heavy (non-hydrogen) atoms. The topological polar surface area (TPSA) is 53.5 Å². The highest BCUT2D eigenvalue weighted by Crippen LogP contribution is 2.14. The average molecular weight is 330 g/mol. The number of carbonyl (C=O) groups excluding carboxylic acids is 1. The van der Waals surface area contributed by atoms with E-state index >= 15 is 0 Å². The molecule has 0 saturated heterocycles. The van der Waals surface area contributed by atoms with Crippen molar-refractivity contribution in [2.24, 2.45) is 5.10 Å². The number of amides is 1. The third kappa shape index (κ3) is 5.75. The predicted molar refractivity (Wildman–Crippen MR) is 96.2 cm³/mol. The molecule has 2 N–H and O–H groups in total. The molecule has 4 nitrogen and oxygen atoms in total. The van der Waals surface area contributed by atoms with Crippen molar-refractivity contribution in [1.82, 2.24) is 5.43 Å². The molecule has 2 aromatic rings. The van der Waals surface area contributed by atoms with Gasteiger partial charge in [-0.2, -0.15) is 5.10 Å². The highest BCUT2D eigenvalue weighted by atomic mass is 35.5. The number of hydrazone groups is 1. The van der Waals surface area contributed by atoms with Gasteiger partial charge in [0.15, 0.2) is 0 Å². The van der Waals surface area contributed by atoms with E-state index in [1.54, 1.807) is 18.3 Å². The summed E-state index contributed by atoms with van der Waals surface area (Å²) in [6, 6.07) is 15.3. The minimum atomic E-state index is -0.213. The van der Waals surface area contributed by atoms with E-state index < -0.39 is 0 Å². The van der Waals surface area contributed by atoms with Gasteiger partial charge in [-0.15, -0.1) is 0 Å². The molecule has 2 rings (SSSR count). The lowest BCUT2D eigenvalue weighted by atomic mass is 10.0. The molecule has 0 fully saturated rings. The van der Waals surface area contributed by atoms with Crippen molar-refractivity contribution in [3.05, 3.63) is 64.7 Å². The second-order valence-electron chi connectivity index (χ2n) is 5.47. The van der Waals surface area contributed by atoms with E-state index in [-0.39, 0.29) is 12.5 Å². The van der Waals surface area contributed by atoms with Crippen molar-refractivity contribution in [3.63, 3.8) is 0 Å². The van der Waals surface area contributed by atoms with E-state index in [9.17, 15) is 4.79 Å². The molecular formula is C18H20ClN3O. The summed E-state index contributed by atoms with van der Waals surface area (Å²) < 4.78 is 0. The quantitative estimate of drug-likeness (QED) is 0.621. The van der Waals surface area contributed by atoms with Crippen molar-refractivity contribution < 1.29 is 4.79 Å². The maximum Gasteiger partial charge on any atom is 0.259 e. The molecule has 1 amide bonds. The predicted octanol–water partition coefficient (Wildman–Crippen LogP) is 4.03. The molecule has 0 spiro atoms. The lowest BCUT2D eigenvalue weighted by Gasteiger charge is -2.05. The SMILES string of the molecule is CC(C)c1ccc(C=NNC(=O)CNc2ccc(Cl)cc2)cc1. The van der Waals surface area contributed by atoms with Gasteiger partial charge >= 0.3 is 0 Å². The molecule has 0 bridgehead atoms. The maximum absolute atomic E-state index is 11.7. The largest absolute Gasteiger partial charge is 0.376 e. The number of rotatable bonds is 6. The summed E-state index contributed by atoms with van der Waals surface area (Å²) in [6.07, 6.45) is 1.63. The van der Waals surface area contributed by atoms with Crippen LogP contribution >= 0.6 is 11.6 Å². The number of anilines is 1. The molecular weight excluding hydrogens is 310 g/mol. The van der Waals surface area contributed by atoms with Gasteiger partial charge in [0.1, 0.15) is 0 Å². The third-order valence-electron chi connectivity index (χ3n) is 3.30. The standard InChI is InChI=1S/C18H20ClN3O/c1-13(2)15-5-3-14(4-6-15)11-21-22-18(23)12-20-17-9-7-16(19)8-10-17/h3-11,13,20H,12H2,1-2H3,(H,22,23). The van der Waals surface area contributed by atoms with E-state index in [4.69, 9.17) is 11.6 Å². The zero-order valence-electron chi connectivity index (χ0n) is 13.2. The molecule has 0 heterocycles. The molecule has 0 unspecified atom stereocenters. The van der Waals surface area contributed by atoms with Crippen LogP contribution in [0.4, 0.5) is 5.69 Å². The van der Waals surface area contributed by atoms with E-state index in [1.165, 1.54) is 5.56 Å². The molecule has 0 aromatic heterocycles. The smallest absolute Gasteiger partial charge is 0.259 e. The van der Waals surface area contributed by atoms with Gasteiger partial charge in [-0.3, -0.25) is 4.79 Å². The van der Waals surface area contributed by atoms with E-state index in [1.807, 2.05) is 24.3 Å². The molecule has 0 aliphatic carbocycles.